The second kappa shape index (κ2) is 6.95. The number of aliphatic hydroxyl groups excluding tert-OH is 1. The number of rotatable bonds is 5. The zero-order valence-corrected chi connectivity index (χ0v) is 13.7. The normalized spacial score (nSPS) is 14.1. The Hall–Kier alpha value is -2.16. The van der Waals surface area contributed by atoms with Gasteiger partial charge in [0, 0.05) is 12.6 Å². The maximum absolute atomic E-state index is 10.6. The largest absolute Gasteiger partial charge is 0.387 e. The molecule has 0 saturated heterocycles. The minimum absolute atomic E-state index is 0.0383. The van der Waals surface area contributed by atoms with E-state index in [-0.39, 0.29) is 6.04 Å². The molecular weight excluding hydrogens is 282 g/mol. The van der Waals surface area contributed by atoms with Gasteiger partial charge in [0.15, 0.2) is 0 Å². The Balaban J connectivity index is 1.79. The Morgan fingerprint density at radius 2 is 1.52 bits per heavy atom. The van der Waals surface area contributed by atoms with E-state index in [4.69, 9.17) is 0 Å². The van der Waals surface area contributed by atoms with Crippen LogP contribution in [0.25, 0.3) is 10.8 Å². The number of hydrogen-bond acceptors (Lipinski definition) is 2. The molecule has 23 heavy (non-hydrogen) atoms. The summed E-state index contributed by atoms with van der Waals surface area (Å²) < 4.78 is 0. The van der Waals surface area contributed by atoms with Gasteiger partial charge in [-0.15, -0.1) is 0 Å². The molecule has 2 heteroatoms. The van der Waals surface area contributed by atoms with E-state index >= 15 is 0 Å². The van der Waals surface area contributed by atoms with Crippen LogP contribution in [0.2, 0.25) is 0 Å². The maximum atomic E-state index is 10.6. The molecule has 0 aliphatic rings. The van der Waals surface area contributed by atoms with Crippen molar-refractivity contribution in [2.75, 3.05) is 7.05 Å². The molecule has 0 unspecified atom stereocenters. The number of likely N-dealkylation sites (N-methyl/N-ethyl adjacent to an activating group) is 1. The van der Waals surface area contributed by atoms with Gasteiger partial charge in [0.2, 0.25) is 0 Å². The van der Waals surface area contributed by atoms with Gasteiger partial charge in [-0.25, -0.2) is 0 Å². The molecule has 0 aliphatic heterocycles. The Morgan fingerprint density at radius 3 is 2.30 bits per heavy atom. The molecule has 3 aromatic rings. The minimum Gasteiger partial charge on any atom is -0.387 e. The highest BCUT2D eigenvalue weighted by atomic mass is 16.3. The van der Waals surface area contributed by atoms with Crippen LogP contribution in [0.3, 0.4) is 0 Å². The van der Waals surface area contributed by atoms with Gasteiger partial charge in [-0.2, -0.15) is 0 Å². The number of fused-ring (bicyclic) bond motifs is 1. The molecule has 0 saturated carbocycles. The van der Waals surface area contributed by atoms with Gasteiger partial charge in [0.1, 0.15) is 0 Å². The molecule has 0 fully saturated rings. The van der Waals surface area contributed by atoms with E-state index < -0.39 is 6.10 Å². The van der Waals surface area contributed by atoms with E-state index in [1.807, 2.05) is 30.3 Å². The minimum atomic E-state index is -0.490. The monoisotopic (exact) mass is 305 g/mol. The van der Waals surface area contributed by atoms with Crippen molar-refractivity contribution in [1.29, 1.82) is 0 Å². The standard InChI is InChI=1S/C21H23NO/c1-16(21(23)18-10-4-3-5-11-18)22(2)15-19-13-8-12-17-9-6-7-14-20(17)19/h3-14,16,21,23H,15H2,1-2H3/t16-,21-/m0/s1. The van der Waals surface area contributed by atoms with Gasteiger partial charge in [-0.3, -0.25) is 4.90 Å². The van der Waals surface area contributed by atoms with Crippen LogP contribution in [0.1, 0.15) is 24.2 Å². The van der Waals surface area contributed by atoms with E-state index in [2.05, 4.69) is 61.3 Å². The molecular formula is C21H23NO. The third-order valence-corrected chi connectivity index (χ3v) is 4.59. The van der Waals surface area contributed by atoms with Crippen molar-refractivity contribution < 1.29 is 5.11 Å². The molecule has 0 radical (unpaired) electrons. The van der Waals surface area contributed by atoms with E-state index in [0.717, 1.165) is 12.1 Å². The second-order valence-corrected chi connectivity index (χ2v) is 6.15. The second-order valence-electron chi connectivity index (χ2n) is 6.15. The number of hydrogen-bond donors (Lipinski definition) is 1. The van der Waals surface area contributed by atoms with Gasteiger partial charge in [-0.1, -0.05) is 72.8 Å². The number of nitrogens with zero attached hydrogens (tertiary/aromatic N) is 1. The van der Waals surface area contributed by atoms with Gasteiger partial charge in [0.05, 0.1) is 6.10 Å². The lowest BCUT2D eigenvalue weighted by Crippen LogP contribution is -2.34. The molecule has 0 amide bonds. The summed E-state index contributed by atoms with van der Waals surface area (Å²) in [6.45, 7) is 2.88. The van der Waals surface area contributed by atoms with Crippen molar-refractivity contribution in [3.63, 3.8) is 0 Å². The fourth-order valence-corrected chi connectivity index (χ4v) is 3.01. The lowest BCUT2D eigenvalue weighted by molar-refractivity contribution is 0.0690. The van der Waals surface area contributed by atoms with E-state index in [0.29, 0.717) is 0 Å². The van der Waals surface area contributed by atoms with Crippen LogP contribution in [0.5, 0.6) is 0 Å². The van der Waals surface area contributed by atoms with Crippen LogP contribution in [-0.2, 0) is 6.54 Å². The highest BCUT2D eigenvalue weighted by molar-refractivity contribution is 5.85. The molecule has 0 spiro atoms. The summed E-state index contributed by atoms with van der Waals surface area (Å²) in [7, 11) is 2.07. The van der Waals surface area contributed by atoms with E-state index in [9.17, 15) is 5.11 Å². The van der Waals surface area contributed by atoms with Crippen molar-refractivity contribution in [1.82, 2.24) is 4.90 Å². The Morgan fingerprint density at radius 1 is 0.870 bits per heavy atom. The van der Waals surface area contributed by atoms with Gasteiger partial charge >= 0.3 is 0 Å². The first-order valence-corrected chi connectivity index (χ1v) is 8.06. The van der Waals surface area contributed by atoms with Gasteiger partial charge in [-0.05, 0) is 35.9 Å². The molecule has 118 valence electrons. The fourth-order valence-electron chi connectivity index (χ4n) is 3.01. The van der Waals surface area contributed by atoms with E-state index in [1.165, 1.54) is 16.3 Å². The van der Waals surface area contributed by atoms with Gasteiger partial charge < -0.3 is 5.11 Å². The predicted molar refractivity (Wildman–Crippen MR) is 96.3 cm³/mol. The first-order valence-electron chi connectivity index (χ1n) is 8.06. The van der Waals surface area contributed by atoms with Gasteiger partial charge in [0.25, 0.3) is 0 Å². The molecule has 0 aliphatic carbocycles. The highest BCUT2D eigenvalue weighted by Gasteiger charge is 2.20. The SMILES string of the molecule is C[C@@H]([C@H](O)c1ccccc1)N(C)Cc1cccc2ccccc12. The van der Waals surface area contributed by atoms with Crippen LogP contribution in [0, 0.1) is 0 Å². The van der Waals surface area contributed by atoms with Crippen LogP contribution in [-0.4, -0.2) is 23.1 Å². The summed E-state index contributed by atoms with van der Waals surface area (Å²) in [6, 6.07) is 24.8. The van der Waals surface area contributed by atoms with Crippen molar-refractivity contribution >= 4 is 10.8 Å². The number of benzene rings is 3. The first-order chi connectivity index (χ1) is 11.2. The lowest BCUT2D eigenvalue weighted by Gasteiger charge is -2.29. The molecule has 0 bridgehead atoms. The average molecular weight is 305 g/mol. The summed E-state index contributed by atoms with van der Waals surface area (Å²) in [4.78, 5) is 2.21. The first kappa shape index (κ1) is 15.7. The summed E-state index contributed by atoms with van der Waals surface area (Å²) in [5.74, 6) is 0. The smallest absolute Gasteiger partial charge is 0.0942 e. The Bertz CT molecular complexity index is 764. The predicted octanol–water partition coefficient (Wildman–Crippen LogP) is 4.39. The third kappa shape index (κ3) is 3.44. The van der Waals surface area contributed by atoms with E-state index in [1.54, 1.807) is 0 Å². The van der Waals surface area contributed by atoms with Crippen LogP contribution in [0.4, 0.5) is 0 Å². The van der Waals surface area contributed by atoms with Crippen molar-refractivity contribution in [3.8, 4) is 0 Å². The van der Waals surface area contributed by atoms with Crippen molar-refractivity contribution in [2.24, 2.45) is 0 Å². The summed E-state index contributed by atoms with van der Waals surface area (Å²) >= 11 is 0. The lowest BCUT2D eigenvalue weighted by atomic mass is 10.0. The number of aliphatic hydroxyl groups is 1. The van der Waals surface area contributed by atoms with Crippen molar-refractivity contribution in [3.05, 3.63) is 83.9 Å². The summed E-state index contributed by atoms with van der Waals surface area (Å²) in [6.07, 6.45) is -0.490. The third-order valence-electron chi connectivity index (χ3n) is 4.59. The Kier molecular flexibility index (Phi) is 4.75. The summed E-state index contributed by atoms with van der Waals surface area (Å²) in [5, 5.41) is 13.1. The average Bonchev–Trinajstić information content (AvgIpc) is 2.61. The molecule has 3 rings (SSSR count). The van der Waals surface area contributed by atoms with Crippen LogP contribution >= 0.6 is 0 Å². The molecule has 2 atom stereocenters. The topological polar surface area (TPSA) is 23.5 Å². The Labute approximate surface area is 138 Å². The highest BCUT2D eigenvalue weighted by Crippen LogP contribution is 2.24. The quantitative estimate of drug-likeness (QED) is 0.755. The molecule has 0 heterocycles. The molecule has 3 aromatic carbocycles. The molecule has 2 nitrogen and oxygen atoms in total. The summed E-state index contributed by atoms with van der Waals surface area (Å²) in [5.41, 5.74) is 2.25. The van der Waals surface area contributed by atoms with Crippen LogP contribution in [0.15, 0.2) is 72.8 Å². The maximum Gasteiger partial charge on any atom is 0.0942 e. The zero-order valence-electron chi connectivity index (χ0n) is 13.7. The molecule has 0 aromatic heterocycles. The molecule has 1 N–H and O–H groups in total. The van der Waals surface area contributed by atoms with Crippen LogP contribution < -0.4 is 0 Å². The zero-order chi connectivity index (χ0) is 16.2. The van der Waals surface area contributed by atoms with Crippen molar-refractivity contribution in [2.45, 2.75) is 25.6 Å². The fraction of sp³-hybridized carbons (Fsp3) is 0.238.